The lowest BCUT2D eigenvalue weighted by Crippen LogP contribution is -2.39. The van der Waals surface area contributed by atoms with E-state index in [2.05, 4.69) is 4.74 Å². The van der Waals surface area contributed by atoms with Crippen molar-refractivity contribution in [3.05, 3.63) is 0 Å². The molecule has 0 aliphatic heterocycles. The Morgan fingerprint density at radius 2 is 0.512 bits per heavy atom. The van der Waals surface area contributed by atoms with Crippen LogP contribution in [0.15, 0.2) is 0 Å². The molecule has 16 nitrogen and oxygen atoms in total. The first-order valence-corrected chi connectivity index (χ1v) is 12.4. The number of esters is 7. The second-order valence-corrected chi connectivity index (χ2v) is 9.05. The van der Waals surface area contributed by atoms with E-state index in [1.54, 1.807) is 13.8 Å². The molecule has 0 fully saturated rings. The van der Waals surface area contributed by atoms with Crippen molar-refractivity contribution in [3.63, 3.8) is 0 Å². The zero-order chi connectivity index (χ0) is 32.2. The fourth-order valence-electron chi connectivity index (χ4n) is 2.27. The minimum absolute atomic E-state index is 0.494. The first-order chi connectivity index (χ1) is 18.8. The summed E-state index contributed by atoms with van der Waals surface area (Å²) in [6, 6.07) is 0. The molecule has 0 radical (unpaired) electrons. The molecule has 41 heavy (non-hydrogen) atoms. The van der Waals surface area contributed by atoms with E-state index in [-0.39, 0.29) is 0 Å². The smallest absolute Gasteiger partial charge is 0.347 e. The minimum atomic E-state index is -1.58. The van der Waals surface area contributed by atoms with E-state index in [0.717, 1.165) is 41.5 Å². The number of rotatable bonds is 15. The molecule has 16 heteroatoms. The van der Waals surface area contributed by atoms with Crippen LogP contribution in [0.4, 0.5) is 0 Å². The Bertz CT molecular complexity index is 1000. The summed E-state index contributed by atoms with van der Waals surface area (Å²) in [7, 11) is 0. The molecule has 0 aliphatic carbocycles. The molecule has 7 atom stereocenters. The molecule has 232 valence electrons. The van der Waals surface area contributed by atoms with Crippen LogP contribution in [-0.2, 0) is 71.5 Å². The maximum Gasteiger partial charge on any atom is 0.347 e. The average Bonchev–Trinajstić information content (AvgIpc) is 2.87. The molecule has 0 aliphatic rings. The Labute approximate surface area is 235 Å². The molecule has 0 aromatic heterocycles. The van der Waals surface area contributed by atoms with Crippen LogP contribution in [0.25, 0.3) is 0 Å². The molecule has 0 aromatic rings. The van der Waals surface area contributed by atoms with Crippen LogP contribution >= 0.6 is 0 Å². The lowest BCUT2D eigenvalue weighted by atomic mass is 10.2. The first kappa shape index (κ1) is 36.8. The van der Waals surface area contributed by atoms with Crippen molar-refractivity contribution in [2.45, 2.75) is 105 Å². The monoisotopic (exact) mass is 592 g/mol. The summed E-state index contributed by atoms with van der Waals surface area (Å²) in [5.74, 6) is -9.42. The van der Waals surface area contributed by atoms with Crippen molar-refractivity contribution >= 4 is 47.8 Å². The highest BCUT2D eigenvalue weighted by Crippen LogP contribution is 2.09. The van der Waals surface area contributed by atoms with E-state index in [0.29, 0.717) is 0 Å². The third-order valence-corrected chi connectivity index (χ3v) is 4.86. The fraction of sp³-hybridized carbons (Fsp3) is 0.680. The summed E-state index contributed by atoms with van der Waals surface area (Å²) in [4.78, 5) is 94.9. The van der Waals surface area contributed by atoms with E-state index in [1.165, 1.54) is 6.92 Å². The zero-order valence-electron chi connectivity index (χ0n) is 24.2. The van der Waals surface area contributed by atoms with Gasteiger partial charge in [0.25, 0.3) is 0 Å². The highest BCUT2D eigenvalue weighted by Gasteiger charge is 2.32. The molecule has 0 bridgehead atoms. The van der Waals surface area contributed by atoms with E-state index in [4.69, 9.17) is 33.5 Å². The zero-order valence-corrected chi connectivity index (χ0v) is 24.2. The fourth-order valence-corrected chi connectivity index (χ4v) is 2.27. The summed E-state index contributed by atoms with van der Waals surface area (Å²) in [5, 5.41) is 8.75. The van der Waals surface area contributed by atoms with E-state index in [1.807, 2.05) is 0 Å². The molecule has 0 amide bonds. The Kier molecular flexibility index (Phi) is 15.0. The molecule has 0 aromatic carbocycles. The quantitative estimate of drug-likeness (QED) is 0.199. The molecule has 0 saturated carbocycles. The predicted molar refractivity (Wildman–Crippen MR) is 131 cm³/mol. The Morgan fingerprint density at radius 3 is 0.683 bits per heavy atom. The van der Waals surface area contributed by atoms with Crippen LogP contribution in [0, 0.1) is 5.92 Å². The number of carboxylic acid groups (broad SMARTS) is 1. The van der Waals surface area contributed by atoms with Gasteiger partial charge in [-0.1, -0.05) is 13.8 Å². The highest BCUT2D eigenvalue weighted by molar-refractivity contribution is 5.87. The lowest BCUT2D eigenvalue weighted by molar-refractivity contribution is -0.188. The largest absolute Gasteiger partial charge is 0.479 e. The van der Waals surface area contributed by atoms with Gasteiger partial charge in [-0.15, -0.1) is 0 Å². The number of aliphatic carboxylic acids is 1. The third kappa shape index (κ3) is 13.1. The topological polar surface area (TPSA) is 221 Å². The first-order valence-electron chi connectivity index (χ1n) is 12.4. The number of ether oxygens (including phenoxy) is 7. The number of carboxylic acids is 1. The van der Waals surface area contributed by atoms with Crippen molar-refractivity contribution in [2.75, 3.05) is 0 Å². The Balaban J connectivity index is 4.77. The molecule has 0 rings (SSSR count). The molecule has 0 saturated heterocycles. The molecule has 0 heterocycles. The third-order valence-electron chi connectivity index (χ3n) is 4.86. The second-order valence-electron chi connectivity index (χ2n) is 9.05. The van der Waals surface area contributed by atoms with Crippen molar-refractivity contribution in [1.82, 2.24) is 0 Å². The van der Waals surface area contributed by atoms with Crippen LogP contribution in [0.2, 0.25) is 0 Å². The van der Waals surface area contributed by atoms with Gasteiger partial charge in [0.2, 0.25) is 0 Å². The predicted octanol–water partition coefficient (Wildman–Crippen LogP) is 0.249. The average molecular weight is 593 g/mol. The van der Waals surface area contributed by atoms with Gasteiger partial charge in [-0.25, -0.2) is 33.6 Å². The molecule has 0 spiro atoms. The number of hydrogen-bond donors (Lipinski definition) is 1. The molecule has 1 N–H and O–H groups in total. The second kappa shape index (κ2) is 16.8. The van der Waals surface area contributed by atoms with Crippen molar-refractivity contribution in [1.29, 1.82) is 0 Å². The van der Waals surface area contributed by atoms with Crippen molar-refractivity contribution in [2.24, 2.45) is 5.92 Å². The van der Waals surface area contributed by atoms with Gasteiger partial charge in [-0.3, -0.25) is 4.79 Å². The van der Waals surface area contributed by atoms with Crippen LogP contribution in [0.5, 0.6) is 0 Å². The SMILES string of the molecule is CC(C)C(=O)O[C@@H](C)C(=O)O[C@@H](C)C(=O)O[C@@H](C)C(=O)O[C@@H](C)C(=O)O[C@@H](C)C(=O)O[C@@H](C)C(=O)O[C@@H](C)C(=O)O. The summed E-state index contributed by atoms with van der Waals surface area (Å²) >= 11 is 0. The molecular weight excluding hydrogens is 556 g/mol. The summed E-state index contributed by atoms with van der Waals surface area (Å²) in [5.41, 5.74) is 0. The summed E-state index contributed by atoms with van der Waals surface area (Å²) in [6.45, 7) is 11.1. The standard InChI is InChI=1S/C25H36O16/c1-10(2)19(28)36-12(4)21(30)38-14(6)23(32)40-16(8)25(34)41-17(9)24(33)39-15(7)22(31)37-13(5)20(29)35-11(3)18(26)27/h10-17H,1-9H3,(H,26,27)/t11-,12-,13-,14-,15-,16-,17-/m0/s1. The number of carbonyl (C=O) groups is 8. The maximum absolute atomic E-state index is 12.3. The van der Waals surface area contributed by atoms with E-state index < -0.39 is 96.4 Å². The van der Waals surface area contributed by atoms with Gasteiger partial charge < -0.3 is 38.3 Å². The van der Waals surface area contributed by atoms with Crippen LogP contribution in [0.3, 0.4) is 0 Å². The highest BCUT2D eigenvalue weighted by atomic mass is 16.7. The van der Waals surface area contributed by atoms with Gasteiger partial charge in [-0.05, 0) is 48.5 Å². The van der Waals surface area contributed by atoms with Gasteiger partial charge in [-0.2, -0.15) is 0 Å². The van der Waals surface area contributed by atoms with Crippen LogP contribution in [-0.4, -0.2) is 95.6 Å². The minimum Gasteiger partial charge on any atom is -0.479 e. The van der Waals surface area contributed by atoms with Gasteiger partial charge >= 0.3 is 47.8 Å². The molecule has 0 unspecified atom stereocenters. The van der Waals surface area contributed by atoms with E-state index in [9.17, 15) is 38.4 Å². The van der Waals surface area contributed by atoms with Gasteiger partial charge in [0.1, 0.15) is 0 Å². The number of hydrogen-bond acceptors (Lipinski definition) is 15. The Hall–Kier alpha value is -4.24. The lowest BCUT2D eigenvalue weighted by Gasteiger charge is -2.21. The van der Waals surface area contributed by atoms with Crippen LogP contribution in [0.1, 0.15) is 62.3 Å². The Morgan fingerprint density at radius 1 is 0.341 bits per heavy atom. The van der Waals surface area contributed by atoms with Gasteiger partial charge in [0.15, 0.2) is 42.7 Å². The van der Waals surface area contributed by atoms with Gasteiger partial charge in [0.05, 0.1) is 5.92 Å². The van der Waals surface area contributed by atoms with Gasteiger partial charge in [0, 0.05) is 0 Å². The van der Waals surface area contributed by atoms with Crippen molar-refractivity contribution < 1.29 is 76.6 Å². The van der Waals surface area contributed by atoms with E-state index >= 15 is 0 Å². The maximum atomic E-state index is 12.3. The van der Waals surface area contributed by atoms with Crippen molar-refractivity contribution in [3.8, 4) is 0 Å². The van der Waals surface area contributed by atoms with Crippen LogP contribution < -0.4 is 0 Å². The number of carbonyl (C=O) groups excluding carboxylic acids is 7. The molecular formula is C25H36O16. The normalized spacial score (nSPS) is 15.9. The summed E-state index contributed by atoms with van der Waals surface area (Å²) in [6.07, 6.45) is -10.5. The summed E-state index contributed by atoms with van der Waals surface area (Å²) < 4.78 is 33.7.